The molecule has 0 saturated carbocycles. The number of aliphatic hydroxyl groups is 1. The molecule has 0 aromatic heterocycles. The van der Waals surface area contributed by atoms with E-state index in [-0.39, 0.29) is 51.1 Å². The maximum Gasteiger partial charge on any atom is 0.421 e. The number of carbonyl (C=O) groups excluding carboxylic acids is 4. The van der Waals surface area contributed by atoms with Gasteiger partial charge in [0.05, 0.1) is 35.2 Å². The van der Waals surface area contributed by atoms with Crippen molar-refractivity contribution in [1.29, 1.82) is 0 Å². The van der Waals surface area contributed by atoms with E-state index < -0.39 is 64.4 Å². The number of anilines is 1. The Kier molecular flexibility index (Phi) is 12.4. The smallest absolute Gasteiger partial charge is 0.421 e. The summed E-state index contributed by atoms with van der Waals surface area (Å²) >= 11 is 0. The number of piperazine rings is 1. The van der Waals surface area contributed by atoms with Crippen LogP contribution in [0.4, 0.5) is 16.2 Å². The van der Waals surface area contributed by atoms with E-state index in [1.807, 2.05) is 83.8 Å². The number of ether oxygens (including phenoxy) is 5. The average Bonchev–Trinajstić information content (AvgIpc) is 4.09. The SMILES string of the molecule is O=C1O[C@H](c2ccccc2)[C@H](c2ccccc2)N2[C@H]1[C@@H](C(=O)N1CCN(Cc3ccc4c(c3)OCO4)CC1)[C@]1(C(=O)N(C(=O)OCc3ccc([N+](=O)[O-])cc3)c3ccccc31)[C@H]2c1ccc(OCCO)cc1. The number of morpholine rings is 1. The number of cyclic esters (lactones) is 1. The van der Waals surface area contributed by atoms with E-state index in [1.165, 1.54) is 24.3 Å². The first-order valence-corrected chi connectivity index (χ1v) is 23.8. The molecule has 6 aromatic rings. The Labute approximate surface area is 413 Å². The fourth-order valence-corrected chi connectivity index (χ4v) is 11.3. The lowest BCUT2D eigenvalue weighted by Gasteiger charge is -2.46. The first-order valence-electron chi connectivity index (χ1n) is 23.8. The van der Waals surface area contributed by atoms with Crippen LogP contribution in [-0.2, 0) is 42.4 Å². The molecule has 17 heteroatoms. The number of nitro benzene ring substituents is 1. The molecule has 5 aliphatic heterocycles. The van der Waals surface area contributed by atoms with Crippen LogP contribution in [0, 0.1) is 16.0 Å². The van der Waals surface area contributed by atoms with Crippen LogP contribution in [0.2, 0.25) is 0 Å². The Morgan fingerprint density at radius 3 is 2.11 bits per heavy atom. The quantitative estimate of drug-likeness (QED) is 0.0746. The van der Waals surface area contributed by atoms with E-state index in [0.29, 0.717) is 59.1 Å². The van der Waals surface area contributed by atoms with Gasteiger partial charge in [0.2, 0.25) is 18.6 Å². The van der Waals surface area contributed by atoms with Crippen molar-refractivity contribution >= 4 is 35.3 Å². The van der Waals surface area contributed by atoms with E-state index in [2.05, 4.69) is 4.90 Å². The van der Waals surface area contributed by atoms with Gasteiger partial charge in [-0.25, -0.2) is 9.69 Å². The molecule has 366 valence electrons. The highest BCUT2D eigenvalue weighted by Gasteiger charge is 2.76. The number of hydrogen-bond acceptors (Lipinski definition) is 14. The number of para-hydroxylation sites is 1. The number of non-ortho nitro benzene ring substituents is 1. The minimum Gasteiger partial charge on any atom is -0.491 e. The predicted molar refractivity (Wildman–Crippen MR) is 259 cm³/mol. The van der Waals surface area contributed by atoms with Crippen molar-refractivity contribution in [2.45, 2.75) is 42.8 Å². The Morgan fingerprint density at radius 2 is 1.40 bits per heavy atom. The number of imide groups is 1. The summed E-state index contributed by atoms with van der Waals surface area (Å²) in [5.41, 5.74) is 1.87. The third-order valence-corrected chi connectivity index (χ3v) is 14.4. The van der Waals surface area contributed by atoms with Crippen LogP contribution in [0.3, 0.4) is 0 Å². The fraction of sp³-hybridized carbons (Fsp3) is 0.273. The summed E-state index contributed by atoms with van der Waals surface area (Å²) in [6.07, 6.45) is -1.95. The van der Waals surface area contributed by atoms with Crippen LogP contribution in [0.1, 0.15) is 51.6 Å². The number of esters is 1. The molecule has 1 N–H and O–H groups in total. The van der Waals surface area contributed by atoms with Gasteiger partial charge in [-0.2, -0.15) is 0 Å². The number of hydrogen-bond donors (Lipinski definition) is 1. The number of amides is 3. The maximum atomic E-state index is 16.5. The number of aliphatic hydroxyl groups excluding tert-OH is 1. The van der Waals surface area contributed by atoms with Crippen molar-refractivity contribution in [3.63, 3.8) is 0 Å². The van der Waals surface area contributed by atoms with Gasteiger partial charge in [0, 0.05) is 44.9 Å². The Balaban J connectivity index is 1.05. The second kappa shape index (κ2) is 19.2. The Bertz CT molecular complexity index is 3030. The minimum atomic E-state index is -1.97. The number of nitrogens with zero attached hydrogens (tertiary/aromatic N) is 5. The number of benzene rings is 6. The molecular weight excluding hydrogens is 923 g/mol. The monoisotopic (exact) mass is 971 g/mol. The Hall–Kier alpha value is -8.12. The van der Waals surface area contributed by atoms with Crippen molar-refractivity contribution in [2.24, 2.45) is 5.92 Å². The van der Waals surface area contributed by atoms with Gasteiger partial charge >= 0.3 is 12.1 Å². The van der Waals surface area contributed by atoms with Gasteiger partial charge in [-0.1, -0.05) is 97.1 Å². The van der Waals surface area contributed by atoms with E-state index in [4.69, 9.17) is 23.7 Å². The van der Waals surface area contributed by atoms with Crippen LogP contribution in [0.15, 0.2) is 152 Å². The molecule has 17 nitrogen and oxygen atoms in total. The topological polar surface area (TPSA) is 191 Å². The lowest BCUT2D eigenvalue weighted by molar-refractivity contribution is -0.384. The van der Waals surface area contributed by atoms with E-state index >= 15 is 14.4 Å². The van der Waals surface area contributed by atoms with Crippen LogP contribution < -0.4 is 19.1 Å². The number of fused-ring (bicyclic) bond motifs is 4. The molecule has 6 aromatic carbocycles. The predicted octanol–water partition coefficient (Wildman–Crippen LogP) is 7.04. The van der Waals surface area contributed by atoms with Gasteiger partial charge in [0.1, 0.15) is 36.5 Å². The highest BCUT2D eigenvalue weighted by Crippen LogP contribution is 2.66. The number of carbonyl (C=O) groups is 4. The van der Waals surface area contributed by atoms with E-state index in [1.54, 1.807) is 53.4 Å². The van der Waals surface area contributed by atoms with Crippen molar-refractivity contribution in [1.82, 2.24) is 14.7 Å². The normalized spacial score (nSPS) is 23.4. The molecule has 0 unspecified atom stereocenters. The summed E-state index contributed by atoms with van der Waals surface area (Å²) in [4.78, 5) is 80.6. The van der Waals surface area contributed by atoms with Crippen molar-refractivity contribution in [2.75, 3.05) is 51.1 Å². The average molecular weight is 972 g/mol. The largest absolute Gasteiger partial charge is 0.491 e. The summed E-state index contributed by atoms with van der Waals surface area (Å²) in [6.45, 7) is 1.72. The summed E-state index contributed by atoms with van der Waals surface area (Å²) < 4.78 is 29.4. The number of rotatable bonds is 12. The molecule has 0 radical (unpaired) electrons. The van der Waals surface area contributed by atoms with Gasteiger partial charge in [-0.15, -0.1) is 0 Å². The molecule has 0 bridgehead atoms. The number of nitro groups is 1. The van der Waals surface area contributed by atoms with Crippen molar-refractivity contribution in [3.05, 3.63) is 195 Å². The van der Waals surface area contributed by atoms with Gasteiger partial charge in [-0.05, 0) is 75.8 Å². The lowest BCUT2D eigenvalue weighted by Crippen LogP contribution is -2.59. The second-order valence-electron chi connectivity index (χ2n) is 18.3. The van der Waals surface area contributed by atoms with Crippen molar-refractivity contribution in [3.8, 4) is 17.2 Å². The van der Waals surface area contributed by atoms with Crippen molar-refractivity contribution < 1.29 is 52.9 Å². The summed E-state index contributed by atoms with van der Waals surface area (Å²) in [5.74, 6) is -1.58. The zero-order valence-electron chi connectivity index (χ0n) is 38.9. The molecule has 5 aliphatic rings. The first-order chi connectivity index (χ1) is 35.1. The third-order valence-electron chi connectivity index (χ3n) is 14.4. The zero-order chi connectivity index (χ0) is 49.5. The van der Waals surface area contributed by atoms with Gasteiger partial charge in [0.15, 0.2) is 11.5 Å². The van der Waals surface area contributed by atoms with Crippen LogP contribution in [-0.4, -0.2) is 101 Å². The van der Waals surface area contributed by atoms with Crippen LogP contribution in [0.5, 0.6) is 17.2 Å². The summed E-state index contributed by atoms with van der Waals surface area (Å²) in [5, 5.41) is 21.0. The molecule has 3 saturated heterocycles. The summed E-state index contributed by atoms with van der Waals surface area (Å²) in [7, 11) is 0. The highest BCUT2D eigenvalue weighted by molar-refractivity contribution is 6.23. The fourth-order valence-electron chi connectivity index (χ4n) is 11.3. The minimum absolute atomic E-state index is 0.0327. The second-order valence-corrected chi connectivity index (χ2v) is 18.3. The molecule has 1 spiro atoms. The zero-order valence-corrected chi connectivity index (χ0v) is 38.9. The van der Waals surface area contributed by atoms with Gasteiger partial charge in [-0.3, -0.25) is 34.3 Å². The van der Waals surface area contributed by atoms with Gasteiger partial charge in [0.25, 0.3) is 5.69 Å². The third kappa shape index (κ3) is 8.04. The lowest BCUT2D eigenvalue weighted by atomic mass is 9.65. The Morgan fingerprint density at radius 1 is 0.736 bits per heavy atom. The molecule has 6 atom stereocenters. The van der Waals surface area contributed by atoms with E-state index in [0.717, 1.165) is 16.0 Å². The molecular formula is C55H49N5O12. The van der Waals surface area contributed by atoms with Crippen LogP contribution in [0.25, 0.3) is 0 Å². The highest BCUT2D eigenvalue weighted by atomic mass is 16.7. The molecule has 72 heavy (non-hydrogen) atoms. The molecule has 0 aliphatic carbocycles. The maximum absolute atomic E-state index is 16.5. The first kappa shape index (κ1) is 46.3. The molecule has 3 amide bonds. The molecule has 3 fully saturated rings. The molecule has 5 heterocycles. The molecule has 11 rings (SSSR count). The van der Waals surface area contributed by atoms with E-state index in [9.17, 15) is 20.0 Å². The van der Waals surface area contributed by atoms with Gasteiger partial charge < -0.3 is 33.7 Å². The standard InChI is InChI=1S/C55H49N5O12/c61-29-30-68-41-22-18-39(19-23-41)50-55(42-13-7-8-14-43(42)58(53(55)64)54(65)69-33-35-15-20-40(21-16-35)60(66)67)46(51(62)57-27-25-56(26-28-57)32-36-17-24-44-45(31-36)71-34-70-44)48-52(63)72-49(38-11-5-2-6-12-38)47(59(48)50)37-9-3-1-4-10-37/h1-24,31,46-50,61H,25-30,32-34H2/t46-,47-,48-,49+,50+,55-/m0/s1. The van der Waals surface area contributed by atoms with Crippen LogP contribution >= 0.6 is 0 Å². The summed E-state index contributed by atoms with van der Waals surface area (Å²) in [6, 6.07) is 40.8.